The van der Waals surface area contributed by atoms with E-state index in [1.54, 1.807) is 30.3 Å². The zero-order valence-electron chi connectivity index (χ0n) is 9.58. The molecule has 2 rings (SSSR count). The lowest BCUT2D eigenvalue weighted by atomic mass is 10.2. The van der Waals surface area contributed by atoms with Gasteiger partial charge in [-0.15, -0.1) is 0 Å². The van der Waals surface area contributed by atoms with Crippen molar-refractivity contribution in [2.45, 2.75) is 0 Å². The van der Waals surface area contributed by atoms with Crippen molar-refractivity contribution in [1.82, 2.24) is 0 Å². The number of nitro groups is 1. The minimum absolute atomic E-state index is 0.131. The summed E-state index contributed by atoms with van der Waals surface area (Å²) in [6, 6.07) is 10.8. The maximum absolute atomic E-state index is 10.9. The minimum Gasteiger partial charge on any atom is -0.450 e. The second kappa shape index (κ2) is 5.62. The lowest BCUT2D eigenvalue weighted by molar-refractivity contribution is -0.385. The van der Waals surface area contributed by atoms with Crippen LogP contribution in [-0.2, 0) is 0 Å². The van der Waals surface area contributed by atoms with Gasteiger partial charge in [-0.25, -0.2) is 0 Å². The minimum atomic E-state index is -0.514. The number of benzene rings is 2. The molecule has 5 nitrogen and oxygen atoms in total. The highest BCUT2D eigenvalue weighted by Gasteiger charge is 2.16. The fraction of sp³-hybridized carbons (Fsp3) is 0. The predicted octanol–water partition coefficient (Wildman–Crippen LogP) is 3.96. The third-order valence-electron chi connectivity index (χ3n) is 2.36. The van der Waals surface area contributed by atoms with E-state index < -0.39 is 4.92 Å². The molecular formula is C13H8BrNO4. The van der Waals surface area contributed by atoms with Crippen LogP contribution in [0.15, 0.2) is 46.9 Å². The van der Waals surface area contributed by atoms with Crippen molar-refractivity contribution < 1.29 is 14.5 Å². The summed E-state index contributed by atoms with van der Waals surface area (Å²) in [6.45, 7) is 0. The number of carbonyl (C=O) groups is 1. The van der Waals surface area contributed by atoms with Crippen LogP contribution in [0.3, 0.4) is 0 Å². The molecule has 0 aliphatic rings. The van der Waals surface area contributed by atoms with E-state index in [9.17, 15) is 14.9 Å². The van der Waals surface area contributed by atoms with Crippen molar-refractivity contribution in [2.24, 2.45) is 0 Å². The first-order valence-electron chi connectivity index (χ1n) is 5.27. The summed E-state index contributed by atoms with van der Waals surface area (Å²) >= 11 is 3.17. The zero-order chi connectivity index (χ0) is 13.8. The van der Waals surface area contributed by atoms with Gasteiger partial charge in [-0.1, -0.05) is 15.9 Å². The Morgan fingerprint density at radius 2 is 1.84 bits per heavy atom. The summed E-state index contributed by atoms with van der Waals surface area (Å²) in [5, 5.41) is 10.9. The number of ether oxygens (including phenoxy) is 1. The Labute approximate surface area is 117 Å². The Morgan fingerprint density at radius 3 is 2.42 bits per heavy atom. The van der Waals surface area contributed by atoms with Crippen LogP contribution in [0.5, 0.6) is 11.5 Å². The van der Waals surface area contributed by atoms with Gasteiger partial charge in [0.05, 0.1) is 4.92 Å². The van der Waals surface area contributed by atoms with Crippen LogP contribution >= 0.6 is 15.9 Å². The molecule has 0 saturated heterocycles. The summed E-state index contributed by atoms with van der Waals surface area (Å²) in [6.07, 6.45) is 0.714. The van der Waals surface area contributed by atoms with Gasteiger partial charge in [-0.05, 0) is 36.4 Å². The number of nitrogens with zero attached hydrogens (tertiary/aromatic N) is 1. The highest BCUT2D eigenvalue weighted by Crippen LogP contribution is 2.33. The summed E-state index contributed by atoms with van der Waals surface area (Å²) < 4.78 is 6.05. The maximum atomic E-state index is 10.9. The fourth-order valence-corrected chi connectivity index (χ4v) is 1.81. The van der Waals surface area contributed by atoms with Crippen molar-refractivity contribution in [3.05, 3.63) is 62.6 Å². The monoisotopic (exact) mass is 321 g/mol. The van der Waals surface area contributed by atoms with E-state index in [0.717, 1.165) is 0 Å². The van der Waals surface area contributed by atoms with E-state index >= 15 is 0 Å². The summed E-state index contributed by atoms with van der Waals surface area (Å²) in [5.41, 5.74) is 0.381. The van der Waals surface area contributed by atoms with Crippen LogP contribution in [0.25, 0.3) is 0 Å². The molecule has 0 radical (unpaired) electrons. The van der Waals surface area contributed by atoms with Gasteiger partial charge in [-0.3, -0.25) is 14.9 Å². The molecule has 0 atom stereocenters. The molecule has 0 N–H and O–H groups in total. The van der Waals surface area contributed by atoms with Crippen molar-refractivity contribution in [3.8, 4) is 11.5 Å². The molecule has 0 aliphatic heterocycles. The molecule has 0 heterocycles. The molecule has 2 aromatic rings. The van der Waals surface area contributed by atoms with Crippen molar-refractivity contribution in [1.29, 1.82) is 0 Å². The Balaban J connectivity index is 2.31. The number of aldehydes is 1. The van der Waals surface area contributed by atoms with Gasteiger partial charge in [0.25, 0.3) is 0 Å². The molecule has 0 unspecified atom stereocenters. The molecule has 96 valence electrons. The van der Waals surface area contributed by atoms with Crippen LogP contribution in [0.4, 0.5) is 5.69 Å². The zero-order valence-corrected chi connectivity index (χ0v) is 11.2. The topological polar surface area (TPSA) is 69.4 Å². The first-order valence-corrected chi connectivity index (χ1v) is 6.06. The first kappa shape index (κ1) is 13.2. The first-order chi connectivity index (χ1) is 9.10. The molecule has 0 bridgehead atoms. The lowest BCUT2D eigenvalue weighted by Gasteiger charge is -2.06. The summed E-state index contributed by atoms with van der Waals surface area (Å²) in [7, 11) is 0. The van der Waals surface area contributed by atoms with E-state index in [-0.39, 0.29) is 11.4 Å². The number of halogens is 1. The van der Waals surface area contributed by atoms with Crippen molar-refractivity contribution in [3.63, 3.8) is 0 Å². The Hall–Kier alpha value is -2.21. The standard InChI is InChI=1S/C13H8BrNO4/c14-10-3-6-13(12(7-10)15(17)18)19-11-4-1-9(8-16)2-5-11/h1-8H. The largest absolute Gasteiger partial charge is 0.450 e. The molecule has 0 spiro atoms. The molecule has 0 fully saturated rings. The highest BCUT2D eigenvalue weighted by atomic mass is 79.9. The summed E-state index contributed by atoms with van der Waals surface area (Å²) in [4.78, 5) is 20.9. The van der Waals surface area contributed by atoms with Gasteiger partial charge in [-0.2, -0.15) is 0 Å². The molecule has 0 aromatic heterocycles. The second-order valence-electron chi connectivity index (χ2n) is 3.66. The van der Waals surface area contributed by atoms with Crippen molar-refractivity contribution >= 4 is 27.9 Å². The van der Waals surface area contributed by atoms with Crippen LogP contribution in [0.2, 0.25) is 0 Å². The number of hydrogen-bond acceptors (Lipinski definition) is 4. The van der Waals surface area contributed by atoms with Gasteiger partial charge in [0, 0.05) is 16.1 Å². The van der Waals surface area contributed by atoms with E-state index in [1.807, 2.05) is 0 Å². The van der Waals surface area contributed by atoms with E-state index in [1.165, 1.54) is 12.1 Å². The van der Waals surface area contributed by atoms with E-state index in [2.05, 4.69) is 15.9 Å². The third-order valence-corrected chi connectivity index (χ3v) is 2.85. The van der Waals surface area contributed by atoms with E-state index in [4.69, 9.17) is 4.74 Å². The molecule has 0 aliphatic carbocycles. The molecule has 0 amide bonds. The average Bonchev–Trinajstić information content (AvgIpc) is 2.41. The van der Waals surface area contributed by atoms with Gasteiger partial charge < -0.3 is 4.74 Å². The van der Waals surface area contributed by atoms with Crippen LogP contribution in [-0.4, -0.2) is 11.2 Å². The van der Waals surface area contributed by atoms with Gasteiger partial charge in [0.1, 0.15) is 12.0 Å². The number of nitro benzene ring substituents is 1. The fourth-order valence-electron chi connectivity index (χ4n) is 1.46. The van der Waals surface area contributed by atoms with Crippen LogP contribution < -0.4 is 4.74 Å². The van der Waals surface area contributed by atoms with Crippen LogP contribution in [0.1, 0.15) is 10.4 Å². The van der Waals surface area contributed by atoms with Gasteiger partial charge in [0.15, 0.2) is 0 Å². The molecule has 19 heavy (non-hydrogen) atoms. The summed E-state index contributed by atoms with van der Waals surface area (Å²) in [5.74, 6) is 0.572. The van der Waals surface area contributed by atoms with Crippen molar-refractivity contribution in [2.75, 3.05) is 0 Å². The van der Waals surface area contributed by atoms with Crippen LogP contribution in [0, 0.1) is 10.1 Å². The number of hydrogen-bond donors (Lipinski definition) is 0. The van der Waals surface area contributed by atoms with Gasteiger partial charge in [0.2, 0.25) is 5.75 Å². The number of carbonyl (C=O) groups excluding carboxylic acids is 1. The van der Waals surface area contributed by atoms with Gasteiger partial charge >= 0.3 is 5.69 Å². The quantitative estimate of drug-likeness (QED) is 0.485. The lowest BCUT2D eigenvalue weighted by Crippen LogP contribution is -1.93. The molecule has 6 heteroatoms. The SMILES string of the molecule is O=Cc1ccc(Oc2ccc(Br)cc2[N+](=O)[O-])cc1. The maximum Gasteiger partial charge on any atom is 0.312 e. The molecule has 0 saturated carbocycles. The highest BCUT2D eigenvalue weighted by molar-refractivity contribution is 9.10. The average molecular weight is 322 g/mol. The predicted molar refractivity (Wildman–Crippen MR) is 72.7 cm³/mol. The smallest absolute Gasteiger partial charge is 0.312 e. The Bertz CT molecular complexity index is 625. The Kier molecular flexibility index (Phi) is 3.91. The Morgan fingerprint density at radius 1 is 1.16 bits per heavy atom. The second-order valence-corrected chi connectivity index (χ2v) is 4.57. The normalized spacial score (nSPS) is 9.95. The van der Waals surface area contributed by atoms with E-state index in [0.29, 0.717) is 22.1 Å². The third kappa shape index (κ3) is 3.17. The number of rotatable bonds is 4. The molecule has 2 aromatic carbocycles. The molecular weight excluding hydrogens is 314 g/mol.